The molecule has 1 amide bonds. The van der Waals surface area contributed by atoms with Crippen molar-refractivity contribution >= 4 is 27.7 Å². The van der Waals surface area contributed by atoms with Crippen LogP contribution >= 0.6 is 0 Å². The Balaban J connectivity index is 1.53. The number of carbonyl (C=O) groups excluding carboxylic acids is 1. The summed E-state index contributed by atoms with van der Waals surface area (Å²) in [5.74, 6) is -0.174. The average Bonchev–Trinajstić information content (AvgIpc) is 3.25. The van der Waals surface area contributed by atoms with Gasteiger partial charge < -0.3 is 20.0 Å². The largest absolute Gasteiger partial charge is 0.394 e. The second-order valence-corrected chi connectivity index (χ2v) is 6.62. The van der Waals surface area contributed by atoms with Gasteiger partial charge >= 0.3 is 0 Å². The van der Waals surface area contributed by atoms with E-state index in [0.29, 0.717) is 12.0 Å². The van der Waals surface area contributed by atoms with Crippen LogP contribution < -0.4 is 5.32 Å². The molecule has 0 aliphatic heterocycles. The third-order valence-corrected chi connectivity index (χ3v) is 4.85. The summed E-state index contributed by atoms with van der Waals surface area (Å²) in [6, 6.07) is 15.3. The first-order valence-corrected chi connectivity index (χ1v) is 8.67. The van der Waals surface area contributed by atoms with Crippen LogP contribution in [0.5, 0.6) is 0 Å². The van der Waals surface area contributed by atoms with Crippen LogP contribution in [0.3, 0.4) is 0 Å². The van der Waals surface area contributed by atoms with Gasteiger partial charge in [-0.25, -0.2) is 0 Å². The zero-order valence-corrected chi connectivity index (χ0v) is 14.6. The fourth-order valence-corrected chi connectivity index (χ4v) is 3.40. The molecule has 2 aromatic carbocycles. The van der Waals surface area contributed by atoms with Crippen molar-refractivity contribution in [2.24, 2.45) is 7.05 Å². The summed E-state index contributed by atoms with van der Waals surface area (Å²) >= 11 is 0. The van der Waals surface area contributed by atoms with Crippen LogP contribution in [0.2, 0.25) is 0 Å². The van der Waals surface area contributed by atoms with Gasteiger partial charge in [-0.2, -0.15) is 0 Å². The highest BCUT2D eigenvalue weighted by Crippen LogP contribution is 2.20. The summed E-state index contributed by atoms with van der Waals surface area (Å²) in [7, 11) is 1.96. The number of carbonyl (C=O) groups is 1. The smallest absolute Gasteiger partial charge is 0.251 e. The molecule has 2 heterocycles. The molecule has 1 atom stereocenters. The average molecular weight is 347 g/mol. The minimum atomic E-state index is -0.342. The molecule has 5 heteroatoms. The Morgan fingerprint density at radius 2 is 2.08 bits per heavy atom. The molecule has 0 radical (unpaired) electrons. The molecule has 2 aromatic heterocycles. The molecule has 0 saturated heterocycles. The SMILES string of the molecule is Cn1ccc2ccc(C(=O)N[C@H](CO)Cc3c[nH]c4ccccc34)cc21. The third-order valence-electron chi connectivity index (χ3n) is 4.85. The first-order chi connectivity index (χ1) is 12.7. The molecule has 0 unspecified atom stereocenters. The number of aromatic amines is 1. The summed E-state index contributed by atoms with van der Waals surface area (Å²) in [5.41, 5.74) is 3.74. The van der Waals surface area contributed by atoms with E-state index in [1.54, 1.807) is 0 Å². The Bertz CT molecular complexity index is 1080. The van der Waals surface area contributed by atoms with E-state index < -0.39 is 0 Å². The van der Waals surface area contributed by atoms with Crippen LogP contribution in [0.25, 0.3) is 21.8 Å². The van der Waals surface area contributed by atoms with E-state index in [-0.39, 0.29) is 18.6 Å². The van der Waals surface area contributed by atoms with Crippen LogP contribution in [0.4, 0.5) is 0 Å². The molecular formula is C21H21N3O2. The number of para-hydroxylation sites is 1. The van der Waals surface area contributed by atoms with Gasteiger partial charge in [-0.15, -0.1) is 0 Å². The van der Waals surface area contributed by atoms with E-state index in [0.717, 1.165) is 27.4 Å². The van der Waals surface area contributed by atoms with Crippen LogP contribution in [-0.4, -0.2) is 33.2 Å². The number of aromatic nitrogens is 2. The molecular weight excluding hydrogens is 326 g/mol. The number of H-pyrrole nitrogens is 1. The van der Waals surface area contributed by atoms with Gasteiger partial charge in [0.2, 0.25) is 0 Å². The van der Waals surface area contributed by atoms with E-state index in [4.69, 9.17) is 0 Å². The number of hydrogen-bond acceptors (Lipinski definition) is 2. The van der Waals surface area contributed by atoms with Gasteiger partial charge in [0, 0.05) is 41.4 Å². The summed E-state index contributed by atoms with van der Waals surface area (Å²) < 4.78 is 1.99. The summed E-state index contributed by atoms with van der Waals surface area (Å²) in [6.07, 6.45) is 4.48. The van der Waals surface area contributed by atoms with Crippen molar-refractivity contribution in [3.8, 4) is 0 Å². The molecule has 0 fully saturated rings. The second kappa shape index (κ2) is 6.69. The van der Waals surface area contributed by atoms with Crippen molar-refractivity contribution in [1.29, 1.82) is 0 Å². The molecule has 4 aromatic rings. The zero-order chi connectivity index (χ0) is 18.1. The molecule has 26 heavy (non-hydrogen) atoms. The fourth-order valence-electron chi connectivity index (χ4n) is 3.40. The second-order valence-electron chi connectivity index (χ2n) is 6.62. The minimum absolute atomic E-state index is 0.113. The quantitative estimate of drug-likeness (QED) is 0.519. The summed E-state index contributed by atoms with van der Waals surface area (Å²) in [5, 5.41) is 14.9. The Labute approximate surface area is 151 Å². The van der Waals surface area contributed by atoms with Crippen LogP contribution in [-0.2, 0) is 13.5 Å². The number of benzene rings is 2. The van der Waals surface area contributed by atoms with Crippen molar-refractivity contribution in [2.75, 3.05) is 6.61 Å². The first-order valence-electron chi connectivity index (χ1n) is 8.67. The molecule has 4 rings (SSSR count). The predicted octanol–water partition coefficient (Wildman–Crippen LogP) is 2.99. The lowest BCUT2D eigenvalue weighted by atomic mass is 10.0. The van der Waals surface area contributed by atoms with E-state index in [2.05, 4.69) is 10.3 Å². The number of aryl methyl sites for hydroxylation is 1. The number of aliphatic hydroxyl groups excluding tert-OH is 1. The minimum Gasteiger partial charge on any atom is -0.394 e. The molecule has 132 valence electrons. The van der Waals surface area contributed by atoms with Crippen LogP contribution in [0.1, 0.15) is 15.9 Å². The van der Waals surface area contributed by atoms with Gasteiger partial charge in [0.05, 0.1) is 12.6 Å². The molecule has 5 nitrogen and oxygen atoms in total. The summed E-state index contributed by atoms with van der Waals surface area (Å²) in [4.78, 5) is 15.9. The van der Waals surface area contributed by atoms with Crippen LogP contribution in [0, 0.1) is 0 Å². The van der Waals surface area contributed by atoms with Crippen molar-refractivity contribution in [3.63, 3.8) is 0 Å². The maximum absolute atomic E-state index is 12.6. The van der Waals surface area contributed by atoms with E-state index in [1.807, 2.05) is 72.5 Å². The Morgan fingerprint density at radius 3 is 2.92 bits per heavy atom. The lowest BCUT2D eigenvalue weighted by Gasteiger charge is -2.16. The highest BCUT2D eigenvalue weighted by Gasteiger charge is 2.16. The van der Waals surface area contributed by atoms with Gasteiger partial charge in [0.25, 0.3) is 5.91 Å². The topological polar surface area (TPSA) is 70.1 Å². The van der Waals surface area contributed by atoms with E-state index >= 15 is 0 Å². The van der Waals surface area contributed by atoms with Gasteiger partial charge in [0.1, 0.15) is 0 Å². The lowest BCUT2D eigenvalue weighted by molar-refractivity contribution is 0.0916. The normalized spacial score (nSPS) is 12.5. The third kappa shape index (κ3) is 2.97. The zero-order valence-electron chi connectivity index (χ0n) is 14.6. The maximum atomic E-state index is 12.6. The number of hydrogen-bond donors (Lipinski definition) is 3. The number of fused-ring (bicyclic) bond motifs is 2. The monoisotopic (exact) mass is 347 g/mol. The number of nitrogens with one attached hydrogen (secondary N) is 2. The molecule has 0 bridgehead atoms. The van der Waals surface area contributed by atoms with E-state index in [9.17, 15) is 9.90 Å². The van der Waals surface area contributed by atoms with Gasteiger partial charge in [0.15, 0.2) is 0 Å². The van der Waals surface area contributed by atoms with Crippen molar-refractivity contribution < 1.29 is 9.90 Å². The van der Waals surface area contributed by atoms with Gasteiger partial charge in [-0.05, 0) is 41.6 Å². The number of amides is 1. The molecule has 0 spiro atoms. The Hall–Kier alpha value is -3.05. The van der Waals surface area contributed by atoms with Crippen molar-refractivity contribution in [1.82, 2.24) is 14.9 Å². The molecule has 0 aliphatic carbocycles. The van der Waals surface area contributed by atoms with E-state index in [1.165, 1.54) is 0 Å². The van der Waals surface area contributed by atoms with Crippen molar-refractivity contribution in [3.05, 3.63) is 72.1 Å². The number of nitrogens with zero attached hydrogens (tertiary/aromatic N) is 1. The maximum Gasteiger partial charge on any atom is 0.251 e. The molecule has 0 aliphatic rings. The predicted molar refractivity (Wildman–Crippen MR) is 103 cm³/mol. The molecule has 3 N–H and O–H groups in total. The summed E-state index contributed by atoms with van der Waals surface area (Å²) in [6.45, 7) is -0.113. The van der Waals surface area contributed by atoms with Gasteiger partial charge in [-0.3, -0.25) is 4.79 Å². The van der Waals surface area contributed by atoms with Crippen molar-refractivity contribution in [2.45, 2.75) is 12.5 Å². The van der Waals surface area contributed by atoms with Crippen LogP contribution in [0.15, 0.2) is 60.9 Å². The molecule has 0 saturated carbocycles. The Kier molecular flexibility index (Phi) is 4.22. The van der Waals surface area contributed by atoms with Gasteiger partial charge in [-0.1, -0.05) is 24.3 Å². The fraction of sp³-hybridized carbons (Fsp3) is 0.190. The standard InChI is InChI=1S/C21H21N3O2/c1-24-9-8-14-6-7-15(11-20(14)24)21(26)23-17(13-25)10-16-12-22-19-5-3-2-4-18(16)19/h2-9,11-12,17,22,25H,10,13H2,1H3,(H,23,26)/t17-/m0/s1. The highest BCUT2D eigenvalue weighted by atomic mass is 16.3. The lowest BCUT2D eigenvalue weighted by Crippen LogP contribution is -2.39. The first kappa shape index (κ1) is 16.4. The Morgan fingerprint density at radius 1 is 1.23 bits per heavy atom. The number of rotatable bonds is 5. The highest BCUT2D eigenvalue weighted by molar-refractivity contribution is 5.98. The number of aliphatic hydroxyl groups is 1.